The molecule has 1 aliphatic rings. The van der Waals surface area contributed by atoms with Crippen LogP contribution in [-0.4, -0.2) is 47.3 Å². The zero-order valence-electron chi connectivity index (χ0n) is 11.9. The molecule has 6 heteroatoms. The van der Waals surface area contributed by atoms with Crippen LogP contribution in [0.15, 0.2) is 24.3 Å². The molecule has 0 aliphatic carbocycles. The van der Waals surface area contributed by atoms with Gasteiger partial charge >= 0.3 is 0 Å². The van der Waals surface area contributed by atoms with E-state index in [0.717, 1.165) is 0 Å². The van der Waals surface area contributed by atoms with E-state index in [0.29, 0.717) is 24.3 Å². The van der Waals surface area contributed by atoms with Gasteiger partial charge in [-0.25, -0.2) is 0 Å². The lowest BCUT2D eigenvalue weighted by molar-refractivity contribution is -0.144. The Morgan fingerprint density at radius 3 is 2.55 bits per heavy atom. The Hall–Kier alpha value is -1.75. The van der Waals surface area contributed by atoms with Crippen molar-refractivity contribution in [2.45, 2.75) is 19.4 Å². The maximum absolute atomic E-state index is 12.5. The lowest BCUT2D eigenvalue weighted by atomic mass is 9.96. The summed E-state index contributed by atoms with van der Waals surface area (Å²) in [6, 6.07) is 6.84. The van der Waals surface area contributed by atoms with Gasteiger partial charge in [0.15, 0.2) is 0 Å². The van der Waals surface area contributed by atoms with E-state index in [1.165, 1.54) is 0 Å². The monoisotopic (exact) mass is 297 g/mol. The van der Waals surface area contributed by atoms with Gasteiger partial charge in [0.05, 0.1) is 0 Å². The minimum absolute atomic E-state index is 0. The average molecular weight is 298 g/mol. The van der Waals surface area contributed by atoms with Crippen LogP contribution in [0.3, 0.4) is 0 Å². The van der Waals surface area contributed by atoms with E-state index in [2.05, 4.69) is 0 Å². The van der Waals surface area contributed by atoms with Crippen LogP contribution in [0.4, 0.5) is 5.69 Å². The van der Waals surface area contributed by atoms with Gasteiger partial charge < -0.3 is 15.5 Å². The van der Waals surface area contributed by atoms with Gasteiger partial charge in [-0.05, 0) is 32.0 Å². The molecule has 1 heterocycles. The molecule has 5 nitrogen and oxygen atoms in total. The Labute approximate surface area is 125 Å². The third-order valence-corrected chi connectivity index (χ3v) is 3.58. The van der Waals surface area contributed by atoms with Crippen LogP contribution in [0.25, 0.3) is 0 Å². The molecule has 2 rings (SSSR count). The van der Waals surface area contributed by atoms with E-state index in [9.17, 15) is 9.59 Å². The van der Waals surface area contributed by atoms with Gasteiger partial charge in [-0.1, -0.05) is 6.07 Å². The molecule has 0 spiro atoms. The molecule has 1 fully saturated rings. The van der Waals surface area contributed by atoms with Crippen molar-refractivity contribution in [3.05, 3.63) is 29.8 Å². The fourth-order valence-electron chi connectivity index (χ4n) is 2.40. The van der Waals surface area contributed by atoms with Crippen molar-refractivity contribution >= 4 is 29.9 Å². The number of carbonyl (C=O) groups excluding carboxylic acids is 2. The number of anilines is 1. The quantitative estimate of drug-likeness (QED) is 0.797. The summed E-state index contributed by atoms with van der Waals surface area (Å²) in [4.78, 5) is 28.0. The summed E-state index contributed by atoms with van der Waals surface area (Å²) in [5, 5.41) is 0. The van der Waals surface area contributed by atoms with Gasteiger partial charge in [0.2, 0.25) is 5.91 Å². The molecule has 1 aromatic rings. The van der Waals surface area contributed by atoms with Crippen molar-refractivity contribution in [3.63, 3.8) is 0 Å². The number of nitrogen functional groups attached to an aromatic ring is 1. The van der Waals surface area contributed by atoms with Gasteiger partial charge in [0, 0.05) is 31.4 Å². The summed E-state index contributed by atoms with van der Waals surface area (Å²) in [5.74, 6) is -0.199. The van der Waals surface area contributed by atoms with E-state index >= 15 is 0 Å². The molecule has 0 radical (unpaired) electrons. The molecule has 1 saturated heterocycles. The minimum atomic E-state index is -0.825. The Balaban J connectivity index is 0.00000200. The summed E-state index contributed by atoms with van der Waals surface area (Å²) >= 11 is 0. The molecule has 0 saturated carbocycles. The first kappa shape index (κ1) is 16.3. The highest BCUT2D eigenvalue weighted by Gasteiger charge is 2.43. The number of nitrogens with zero attached hydrogens (tertiary/aromatic N) is 2. The number of likely N-dealkylation sites (N-methyl/N-ethyl adjacent to an activating group) is 1. The summed E-state index contributed by atoms with van der Waals surface area (Å²) in [6.45, 7) is 4.63. The zero-order chi connectivity index (χ0) is 14.2. The van der Waals surface area contributed by atoms with Crippen LogP contribution in [-0.2, 0) is 4.79 Å². The second kappa shape index (κ2) is 5.71. The third-order valence-electron chi connectivity index (χ3n) is 3.58. The molecule has 1 aliphatic heterocycles. The minimum Gasteiger partial charge on any atom is -0.399 e. The highest BCUT2D eigenvalue weighted by atomic mass is 35.5. The number of amides is 2. The van der Waals surface area contributed by atoms with Crippen molar-refractivity contribution in [2.24, 2.45) is 0 Å². The van der Waals surface area contributed by atoms with Gasteiger partial charge in [0.1, 0.15) is 5.54 Å². The smallest absolute Gasteiger partial charge is 0.254 e. The first-order chi connectivity index (χ1) is 8.84. The SMILES string of the molecule is CN1CCN(C(=O)c2cccc(N)c2)C(C)(C)C1=O.Cl. The fraction of sp³-hybridized carbons (Fsp3) is 0.429. The summed E-state index contributed by atoms with van der Waals surface area (Å²) in [5.41, 5.74) is 5.94. The van der Waals surface area contributed by atoms with Crippen LogP contribution in [0, 0.1) is 0 Å². The Morgan fingerprint density at radius 2 is 1.95 bits per heavy atom. The molecule has 0 unspecified atom stereocenters. The number of hydrogen-bond donors (Lipinski definition) is 1. The summed E-state index contributed by atoms with van der Waals surface area (Å²) in [6.07, 6.45) is 0. The number of halogens is 1. The fourth-order valence-corrected chi connectivity index (χ4v) is 2.40. The van der Waals surface area contributed by atoms with Crippen LogP contribution >= 0.6 is 12.4 Å². The number of benzene rings is 1. The molecule has 0 bridgehead atoms. The van der Waals surface area contributed by atoms with Crippen LogP contribution in [0.2, 0.25) is 0 Å². The van der Waals surface area contributed by atoms with E-state index in [4.69, 9.17) is 5.73 Å². The van der Waals surface area contributed by atoms with Crippen LogP contribution < -0.4 is 5.73 Å². The molecule has 0 aromatic heterocycles. The predicted molar refractivity (Wildman–Crippen MR) is 80.9 cm³/mol. The largest absolute Gasteiger partial charge is 0.399 e. The van der Waals surface area contributed by atoms with Gasteiger partial charge in [-0.2, -0.15) is 0 Å². The lowest BCUT2D eigenvalue weighted by Gasteiger charge is -2.44. The number of hydrogen-bond acceptors (Lipinski definition) is 3. The maximum atomic E-state index is 12.5. The van der Waals surface area contributed by atoms with E-state index in [1.54, 1.807) is 55.0 Å². The van der Waals surface area contributed by atoms with E-state index in [-0.39, 0.29) is 24.2 Å². The molecule has 110 valence electrons. The van der Waals surface area contributed by atoms with Gasteiger partial charge in [0.25, 0.3) is 5.91 Å². The normalized spacial score (nSPS) is 17.6. The van der Waals surface area contributed by atoms with Gasteiger partial charge in [-0.15, -0.1) is 12.4 Å². The summed E-state index contributed by atoms with van der Waals surface area (Å²) in [7, 11) is 1.76. The van der Waals surface area contributed by atoms with Crippen LogP contribution in [0.5, 0.6) is 0 Å². The molecule has 2 amide bonds. The van der Waals surface area contributed by atoms with E-state index < -0.39 is 5.54 Å². The molecule has 20 heavy (non-hydrogen) atoms. The number of carbonyl (C=O) groups is 2. The van der Waals surface area contributed by atoms with Crippen molar-refractivity contribution < 1.29 is 9.59 Å². The standard InChI is InChI=1S/C14H19N3O2.ClH/c1-14(2)13(19)16(3)7-8-17(14)12(18)10-5-4-6-11(15)9-10;/h4-6,9H,7-8,15H2,1-3H3;1H. The number of rotatable bonds is 1. The van der Waals surface area contributed by atoms with Crippen molar-refractivity contribution in [1.82, 2.24) is 9.80 Å². The molecular formula is C14H20ClN3O2. The first-order valence-electron chi connectivity index (χ1n) is 6.27. The lowest BCUT2D eigenvalue weighted by Crippen LogP contribution is -2.63. The third kappa shape index (κ3) is 2.72. The predicted octanol–water partition coefficient (Wildman–Crippen LogP) is 1.38. The maximum Gasteiger partial charge on any atom is 0.254 e. The topological polar surface area (TPSA) is 66.6 Å². The van der Waals surface area contributed by atoms with E-state index in [1.807, 2.05) is 0 Å². The zero-order valence-corrected chi connectivity index (χ0v) is 12.7. The molecule has 2 N–H and O–H groups in total. The number of nitrogens with two attached hydrogens (primary N) is 1. The second-order valence-electron chi connectivity index (χ2n) is 5.37. The second-order valence-corrected chi connectivity index (χ2v) is 5.37. The van der Waals surface area contributed by atoms with Crippen molar-refractivity contribution in [3.8, 4) is 0 Å². The molecular weight excluding hydrogens is 278 g/mol. The highest BCUT2D eigenvalue weighted by molar-refractivity contribution is 6.00. The highest BCUT2D eigenvalue weighted by Crippen LogP contribution is 2.24. The molecule has 0 atom stereocenters. The van der Waals surface area contributed by atoms with Gasteiger partial charge in [-0.3, -0.25) is 9.59 Å². The van der Waals surface area contributed by atoms with Crippen molar-refractivity contribution in [1.29, 1.82) is 0 Å². The number of piperazine rings is 1. The molecule has 1 aromatic carbocycles. The van der Waals surface area contributed by atoms with Crippen LogP contribution in [0.1, 0.15) is 24.2 Å². The Morgan fingerprint density at radius 1 is 1.30 bits per heavy atom. The van der Waals surface area contributed by atoms with Crippen molar-refractivity contribution in [2.75, 3.05) is 25.9 Å². The average Bonchev–Trinajstić information content (AvgIpc) is 2.35. The first-order valence-corrected chi connectivity index (χ1v) is 6.27. The Kier molecular flexibility index (Phi) is 4.65. The Bertz CT molecular complexity index is 531. The summed E-state index contributed by atoms with van der Waals surface area (Å²) < 4.78 is 0.